The summed E-state index contributed by atoms with van der Waals surface area (Å²) in [6, 6.07) is 6.09. The third-order valence-corrected chi connectivity index (χ3v) is 4.44. The van der Waals surface area contributed by atoms with Crippen LogP contribution in [0.1, 0.15) is 43.5 Å². The minimum Gasteiger partial charge on any atom is -0.356 e. The largest absolute Gasteiger partial charge is 0.356 e. The molecule has 1 fully saturated rings. The van der Waals surface area contributed by atoms with Crippen molar-refractivity contribution in [2.24, 2.45) is 5.92 Å². The van der Waals surface area contributed by atoms with Crippen molar-refractivity contribution in [1.29, 1.82) is 0 Å². The number of hydrogen-bond acceptors (Lipinski definition) is 4. The minimum absolute atomic E-state index is 0.148. The van der Waals surface area contributed by atoms with Gasteiger partial charge in [0.25, 0.3) is 5.91 Å². The molecule has 1 aliphatic rings. The molecule has 0 bridgehead atoms. The van der Waals surface area contributed by atoms with Crippen LogP contribution in [-0.2, 0) is 0 Å². The molecule has 1 saturated heterocycles. The monoisotopic (exact) mass is 356 g/mol. The molecule has 0 saturated carbocycles. The Labute approximate surface area is 153 Å². The van der Waals surface area contributed by atoms with E-state index in [9.17, 15) is 9.18 Å². The van der Waals surface area contributed by atoms with Crippen molar-refractivity contribution >= 4 is 11.7 Å². The summed E-state index contributed by atoms with van der Waals surface area (Å²) in [6.45, 7) is 6.48. The molecule has 1 aromatic heterocycles. The molecule has 0 atom stereocenters. The highest BCUT2D eigenvalue weighted by Gasteiger charge is 2.22. The van der Waals surface area contributed by atoms with Gasteiger partial charge in [-0.2, -0.15) is 0 Å². The Balaban J connectivity index is 1.95. The Morgan fingerprint density at radius 2 is 1.88 bits per heavy atom. The molecule has 138 valence electrons. The molecule has 6 heteroatoms. The number of piperidine rings is 1. The fraction of sp³-hybridized carbons (Fsp3) is 0.450. The second kappa shape index (κ2) is 8.25. The molecule has 26 heavy (non-hydrogen) atoms. The Morgan fingerprint density at radius 1 is 1.19 bits per heavy atom. The SMILES string of the molecule is CC(C)CNC(=O)c1cnc(-c2ccc(F)cc2)nc1N1CCCCC1. The van der Waals surface area contributed by atoms with E-state index in [0.717, 1.165) is 31.5 Å². The molecular formula is C20H25FN4O. The van der Waals surface area contributed by atoms with Gasteiger partial charge in [-0.15, -0.1) is 0 Å². The highest BCUT2D eigenvalue weighted by Crippen LogP contribution is 2.25. The van der Waals surface area contributed by atoms with Crippen LogP contribution in [0.4, 0.5) is 10.2 Å². The normalized spacial score (nSPS) is 14.5. The van der Waals surface area contributed by atoms with E-state index in [-0.39, 0.29) is 11.7 Å². The van der Waals surface area contributed by atoms with Crippen molar-refractivity contribution in [3.05, 3.63) is 41.8 Å². The molecule has 0 aliphatic carbocycles. The summed E-state index contributed by atoms with van der Waals surface area (Å²) in [5.41, 5.74) is 1.23. The number of halogens is 1. The molecule has 0 spiro atoms. The smallest absolute Gasteiger partial charge is 0.256 e. The third-order valence-electron chi connectivity index (χ3n) is 4.44. The van der Waals surface area contributed by atoms with Crippen LogP contribution in [0.2, 0.25) is 0 Å². The molecular weight excluding hydrogens is 331 g/mol. The minimum atomic E-state index is -0.297. The lowest BCUT2D eigenvalue weighted by Gasteiger charge is -2.29. The number of rotatable bonds is 5. The predicted octanol–water partition coefficient (Wildman–Crippen LogP) is 3.66. The lowest BCUT2D eigenvalue weighted by Crippen LogP contribution is -2.34. The Bertz CT molecular complexity index is 755. The van der Waals surface area contributed by atoms with E-state index in [4.69, 9.17) is 0 Å². The maximum Gasteiger partial charge on any atom is 0.256 e. The molecule has 1 aliphatic heterocycles. The topological polar surface area (TPSA) is 58.1 Å². The van der Waals surface area contributed by atoms with Crippen molar-refractivity contribution in [3.8, 4) is 11.4 Å². The maximum atomic E-state index is 13.2. The zero-order chi connectivity index (χ0) is 18.5. The fourth-order valence-corrected chi connectivity index (χ4v) is 3.01. The van der Waals surface area contributed by atoms with E-state index < -0.39 is 0 Å². The zero-order valence-electron chi connectivity index (χ0n) is 15.3. The van der Waals surface area contributed by atoms with Crippen molar-refractivity contribution in [2.75, 3.05) is 24.5 Å². The van der Waals surface area contributed by atoms with Gasteiger partial charge in [-0.3, -0.25) is 4.79 Å². The van der Waals surface area contributed by atoms with Crippen molar-refractivity contribution in [3.63, 3.8) is 0 Å². The van der Waals surface area contributed by atoms with Gasteiger partial charge in [0.1, 0.15) is 17.2 Å². The third kappa shape index (κ3) is 4.36. The highest BCUT2D eigenvalue weighted by atomic mass is 19.1. The summed E-state index contributed by atoms with van der Waals surface area (Å²) >= 11 is 0. The van der Waals surface area contributed by atoms with E-state index in [1.807, 2.05) is 0 Å². The van der Waals surface area contributed by atoms with Crippen molar-refractivity contribution < 1.29 is 9.18 Å². The molecule has 2 heterocycles. The Morgan fingerprint density at radius 3 is 2.54 bits per heavy atom. The summed E-state index contributed by atoms with van der Waals surface area (Å²) in [6.07, 6.45) is 4.96. The number of nitrogens with zero attached hydrogens (tertiary/aromatic N) is 3. The van der Waals surface area contributed by atoms with Gasteiger partial charge < -0.3 is 10.2 Å². The quantitative estimate of drug-likeness (QED) is 0.888. The number of aromatic nitrogens is 2. The standard InChI is InChI=1S/C20H25FN4O/c1-14(2)12-23-20(26)17-13-22-18(15-6-8-16(21)9-7-15)24-19(17)25-10-4-3-5-11-25/h6-9,13-14H,3-5,10-12H2,1-2H3,(H,23,26). The van der Waals surface area contributed by atoms with Gasteiger partial charge >= 0.3 is 0 Å². The van der Waals surface area contributed by atoms with E-state index in [0.29, 0.717) is 29.7 Å². The van der Waals surface area contributed by atoms with E-state index >= 15 is 0 Å². The van der Waals surface area contributed by atoms with Gasteiger partial charge in [-0.1, -0.05) is 13.8 Å². The Hall–Kier alpha value is -2.50. The first-order valence-corrected chi connectivity index (χ1v) is 9.20. The molecule has 3 rings (SSSR count). The van der Waals surface area contributed by atoms with Crippen LogP contribution in [0.15, 0.2) is 30.5 Å². The number of benzene rings is 1. The predicted molar refractivity (Wildman–Crippen MR) is 101 cm³/mol. The average molecular weight is 356 g/mol. The summed E-state index contributed by atoms with van der Waals surface area (Å²) in [5, 5.41) is 2.95. The van der Waals surface area contributed by atoms with Crippen molar-refractivity contribution in [1.82, 2.24) is 15.3 Å². The van der Waals surface area contributed by atoms with Crippen LogP contribution in [0, 0.1) is 11.7 Å². The van der Waals surface area contributed by atoms with Crippen LogP contribution in [0.25, 0.3) is 11.4 Å². The lowest BCUT2D eigenvalue weighted by atomic mass is 10.1. The van der Waals surface area contributed by atoms with Crippen LogP contribution in [0.5, 0.6) is 0 Å². The zero-order valence-corrected chi connectivity index (χ0v) is 15.3. The number of hydrogen-bond donors (Lipinski definition) is 1. The number of nitrogens with one attached hydrogen (secondary N) is 1. The molecule has 1 amide bonds. The number of carbonyl (C=O) groups is 1. The fourth-order valence-electron chi connectivity index (χ4n) is 3.01. The summed E-state index contributed by atoms with van der Waals surface area (Å²) in [5.74, 6) is 1.10. The van der Waals surface area contributed by atoms with E-state index in [2.05, 4.69) is 34.0 Å². The second-order valence-corrected chi connectivity index (χ2v) is 7.09. The molecule has 1 aromatic carbocycles. The molecule has 1 N–H and O–H groups in total. The van der Waals surface area contributed by atoms with Gasteiger partial charge in [0.05, 0.1) is 0 Å². The molecule has 0 radical (unpaired) electrons. The van der Waals surface area contributed by atoms with Gasteiger partial charge in [0, 0.05) is 31.4 Å². The van der Waals surface area contributed by atoms with Gasteiger partial charge in [0.15, 0.2) is 5.82 Å². The molecule has 5 nitrogen and oxygen atoms in total. The van der Waals surface area contributed by atoms with Crippen LogP contribution in [-0.4, -0.2) is 35.5 Å². The number of amides is 1. The van der Waals surface area contributed by atoms with Crippen LogP contribution < -0.4 is 10.2 Å². The summed E-state index contributed by atoms with van der Waals surface area (Å²) in [4.78, 5) is 23.8. The highest BCUT2D eigenvalue weighted by molar-refractivity contribution is 5.98. The second-order valence-electron chi connectivity index (χ2n) is 7.09. The lowest BCUT2D eigenvalue weighted by molar-refractivity contribution is 0.0948. The Kier molecular flexibility index (Phi) is 5.81. The number of carbonyl (C=O) groups excluding carboxylic acids is 1. The number of anilines is 1. The maximum absolute atomic E-state index is 13.2. The first-order chi connectivity index (χ1) is 12.5. The van der Waals surface area contributed by atoms with E-state index in [1.165, 1.54) is 18.6 Å². The molecule has 0 unspecified atom stereocenters. The first-order valence-electron chi connectivity index (χ1n) is 9.20. The first kappa shape index (κ1) is 18.3. The van der Waals surface area contributed by atoms with Crippen LogP contribution >= 0.6 is 0 Å². The van der Waals surface area contributed by atoms with Gasteiger partial charge in [-0.05, 0) is 49.4 Å². The van der Waals surface area contributed by atoms with E-state index in [1.54, 1.807) is 18.3 Å². The average Bonchev–Trinajstić information content (AvgIpc) is 2.67. The van der Waals surface area contributed by atoms with Crippen LogP contribution in [0.3, 0.4) is 0 Å². The summed E-state index contributed by atoms with van der Waals surface area (Å²) < 4.78 is 13.2. The van der Waals surface area contributed by atoms with Crippen molar-refractivity contribution in [2.45, 2.75) is 33.1 Å². The van der Waals surface area contributed by atoms with Gasteiger partial charge in [-0.25, -0.2) is 14.4 Å². The van der Waals surface area contributed by atoms with Gasteiger partial charge in [0.2, 0.25) is 0 Å². The summed E-state index contributed by atoms with van der Waals surface area (Å²) in [7, 11) is 0. The molecule has 2 aromatic rings.